The number of rotatable bonds is 1. The maximum atomic E-state index is 12.2. The van der Waals surface area contributed by atoms with Gasteiger partial charge in [0.2, 0.25) is 0 Å². The molecule has 1 unspecified atom stereocenters. The van der Waals surface area contributed by atoms with Crippen LogP contribution in [0.1, 0.15) is 85.0 Å². The van der Waals surface area contributed by atoms with Crippen molar-refractivity contribution in [3.8, 4) is 0 Å². The van der Waals surface area contributed by atoms with E-state index in [-0.39, 0.29) is 0 Å². The van der Waals surface area contributed by atoms with Gasteiger partial charge in [0.15, 0.2) is 0 Å². The molecule has 4 saturated carbocycles. The molecular formula is C23H36O. The summed E-state index contributed by atoms with van der Waals surface area (Å²) < 4.78 is 0. The number of hydrogen-bond acceptors (Lipinski definition) is 1. The van der Waals surface area contributed by atoms with E-state index >= 15 is 0 Å². The molecule has 0 aromatic heterocycles. The number of fused-ring (bicyclic) bond motifs is 5. The van der Waals surface area contributed by atoms with E-state index in [2.05, 4.69) is 27.4 Å². The third-order valence-corrected chi connectivity index (χ3v) is 9.31. The van der Waals surface area contributed by atoms with Gasteiger partial charge in [0, 0.05) is 12.8 Å². The highest BCUT2D eigenvalue weighted by atomic mass is 16.1. The first kappa shape index (κ1) is 16.9. The first-order valence-electron chi connectivity index (χ1n) is 10.5. The third kappa shape index (κ3) is 2.29. The summed E-state index contributed by atoms with van der Waals surface area (Å²) in [7, 11) is 0. The molecule has 0 aromatic rings. The highest BCUT2D eigenvalue weighted by Gasteiger charge is 2.59. The van der Waals surface area contributed by atoms with Crippen molar-refractivity contribution in [1.29, 1.82) is 0 Å². The quantitative estimate of drug-likeness (QED) is 0.525. The number of allylic oxidation sites excluding steroid dienone is 1. The van der Waals surface area contributed by atoms with Crippen LogP contribution in [0.15, 0.2) is 12.2 Å². The van der Waals surface area contributed by atoms with Crippen molar-refractivity contribution in [3.05, 3.63) is 12.2 Å². The van der Waals surface area contributed by atoms with E-state index in [1.165, 1.54) is 50.5 Å². The summed E-state index contributed by atoms with van der Waals surface area (Å²) in [5.74, 6) is 4.69. The van der Waals surface area contributed by atoms with Gasteiger partial charge >= 0.3 is 0 Å². The van der Waals surface area contributed by atoms with E-state index in [1.807, 2.05) is 0 Å². The Bertz CT molecular complexity index is 548. The van der Waals surface area contributed by atoms with Crippen LogP contribution in [0.5, 0.6) is 0 Å². The lowest BCUT2D eigenvalue weighted by molar-refractivity contribution is -0.124. The molecule has 4 aliphatic rings. The van der Waals surface area contributed by atoms with Crippen LogP contribution in [0, 0.1) is 40.4 Å². The van der Waals surface area contributed by atoms with E-state index < -0.39 is 0 Å². The predicted molar refractivity (Wildman–Crippen MR) is 99.7 cm³/mol. The minimum absolute atomic E-state index is 0.442. The molecule has 0 heterocycles. The Labute approximate surface area is 148 Å². The summed E-state index contributed by atoms with van der Waals surface area (Å²) >= 11 is 0. The van der Waals surface area contributed by atoms with Gasteiger partial charge in [0.05, 0.1) is 0 Å². The van der Waals surface area contributed by atoms with Crippen molar-refractivity contribution in [2.45, 2.75) is 85.0 Å². The SMILES string of the molecule is C=C(C)[C@H]1CC[C@H]2C3CC[C@H]4CC(=O)CCC[C@]4(C)[C@H]3CC[C@]12C. The summed E-state index contributed by atoms with van der Waals surface area (Å²) in [5.41, 5.74) is 2.38. The second-order valence-corrected chi connectivity index (χ2v) is 10.3. The number of Topliss-reactive ketones (excluding diaryl/α,β-unsaturated/α-hetero) is 1. The molecule has 7 atom stereocenters. The fraction of sp³-hybridized carbons (Fsp3) is 0.870. The normalized spacial score (nSPS) is 51.3. The Hall–Kier alpha value is -0.590. The zero-order chi connectivity index (χ0) is 17.1. The molecule has 0 bridgehead atoms. The highest BCUT2D eigenvalue weighted by Crippen LogP contribution is 2.67. The average molecular weight is 329 g/mol. The predicted octanol–water partition coefficient (Wildman–Crippen LogP) is 6.18. The maximum Gasteiger partial charge on any atom is 0.133 e. The molecule has 134 valence electrons. The van der Waals surface area contributed by atoms with Crippen LogP contribution in [-0.2, 0) is 4.79 Å². The van der Waals surface area contributed by atoms with Crippen LogP contribution in [0.4, 0.5) is 0 Å². The lowest BCUT2D eigenvalue weighted by atomic mass is 9.46. The number of ketones is 1. The number of carbonyl (C=O) groups is 1. The van der Waals surface area contributed by atoms with Crippen LogP contribution in [-0.4, -0.2) is 5.78 Å². The summed E-state index contributed by atoms with van der Waals surface area (Å²) in [6.45, 7) is 11.8. The third-order valence-electron chi connectivity index (χ3n) is 9.31. The topological polar surface area (TPSA) is 17.1 Å². The molecule has 4 rings (SSSR count). The molecule has 4 fully saturated rings. The molecule has 1 heteroatoms. The second-order valence-electron chi connectivity index (χ2n) is 10.3. The van der Waals surface area contributed by atoms with E-state index in [1.54, 1.807) is 0 Å². The van der Waals surface area contributed by atoms with Gasteiger partial charge in [-0.05, 0) is 98.7 Å². The van der Waals surface area contributed by atoms with Gasteiger partial charge in [0.25, 0.3) is 0 Å². The standard InChI is InChI=1S/C23H36O/c1-15(2)19-9-10-20-18-8-7-16-14-17(24)6-5-12-22(16,3)21(18)11-13-23(19,20)4/h16,18-21H,1,5-14H2,2-4H3/t16-,18?,19+,20-,21-,22-,23+/m0/s1. The number of carbonyl (C=O) groups excluding carboxylic acids is 1. The Morgan fingerprint density at radius 3 is 2.50 bits per heavy atom. The van der Waals surface area contributed by atoms with Crippen molar-refractivity contribution < 1.29 is 4.79 Å². The first-order valence-corrected chi connectivity index (χ1v) is 10.5. The Morgan fingerprint density at radius 2 is 1.75 bits per heavy atom. The van der Waals surface area contributed by atoms with Gasteiger partial charge in [-0.1, -0.05) is 26.0 Å². The van der Waals surface area contributed by atoms with Gasteiger partial charge in [-0.3, -0.25) is 4.79 Å². The van der Waals surface area contributed by atoms with Crippen LogP contribution in [0.2, 0.25) is 0 Å². The van der Waals surface area contributed by atoms with Crippen molar-refractivity contribution in [1.82, 2.24) is 0 Å². The van der Waals surface area contributed by atoms with Crippen LogP contribution in [0.25, 0.3) is 0 Å². The van der Waals surface area contributed by atoms with Gasteiger partial charge in [0.1, 0.15) is 5.78 Å². The van der Waals surface area contributed by atoms with Gasteiger partial charge in [-0.15, -0.1) is 0 Å². The van der Waals surface area contributed by atoms with Crippen LogP contribution < -0.4 is 0 Å². The fourth-order valence-electron chi connectivity index (χ4n) is 8.11. The maximum absolute atomic E-state index is 12.2. The largest absolute Gasteiger partial charge is 0.300 e. The summed E-state index contributed by atoms with van der Waals surface area (Å²) in [5, 5.41) is 0. The minimum Gasteiger partial charge on any atom is -0.300 e. The van der Waals surface area contributed by atoms with E-state index in [9.17, 15) is 4.79 Å². The molecule has 0 radical (unpaired) electrons. The molecule has 24 heavy (non-hydrogen) atoms. The monoisotopic (exact) mass is 328 g/mol. The summed E-state index contributed by atoms with van der Waals surface area (Å²) in [6, 6.07) is 0. The minimum atomic E-state index is 0.442. The average Bonchev–Trinajstić information content (AvgIpc) is 2.79. The van der Waals surface area contributed by atoms with Crippen molar-refractivity contribution in [3.63, 3.8) is 0 Å². The molecular weight excluding hydrogens is 292 g/mol. The Morgan fingerprint density at radius 1 is 1.00 bits per heavy atom. The molecule has 0 amide bonds. The van der Waals surface area contributed by atoms with Gasteiger partial charge < -0.3 is 0 Å². The lowest BCUT2D eigenvalue weighted by Crippen LogP contribution is -2.51. The van der Waals surface area contributed by atoms with E-state index in [0.717, 1.165) is 42.9 Å². The molecule has 0 saturated heterocycles. The zero-order valence-corrected chi connectivity index (χ0v) is 16.1. The summed E-state index contributed by atoms with van der Waals surface area (Å²) in [4.78, 5) is 12.2. The van der Waals surface area contributed by atoms with E-state index in [4.69, 9.17) is 0 Å². The van der Waals surface area contributed by atoms with E-state index in [0.29, 0.717) is 22.5 Å². The lowest BCUT2D eigenvalue weighted by Gasteiger charge is -2.59. The molecule has 0 spiro atoms. The van der Waals surface area contributed by atoms with Gasteiger partial charge in [-0.2, -0.15) is 0 Å². The fourth-order valence-corrected chi connectivity index (χ4v) is 8.11. The second kappa shape index (κ2) is 5.71. The van der Waals surface area contributed by atoms with Crippen molar-refractivity contribution in [2.24, 2.45) is 40.4 Å². The molecule has 0 aliphatic heterocycles. The number of hydrogen-bond donors (Lipinski definition) is 0. The smallest absolute Gasteiger partial charge is 0.133 e. The van der Waals surface area contributed by atoms with Gasteiger partial charge in [-0.25, -0.2) is 0 Å². The molecule has 4 aliphatic carbocycles. The Kier molecular flexibility index (Phi) is 4.01. The van der Waals surface area contributed by atoms with Crippen LogP contribution >= 0.6 is 0 Å². The highest BCUT2D eigenvalue weighted by molar-refractivity contribution is 5.79. The molecule has 0 aromatic carbocycles. The first-order chi connectivity index (χ1) is 11.4. The van der Waals surface area contributed by atoms with Crippen molar-refractivity contribution >= 4 is 5.78 Å². The summed E-state index contributed by atoms with van der Waals surface area (Å²) in [6.07, 6.45) is 12.5. The van der Waals surface area contributed by atoms with Crippen LogP contribution in [0.3, 0.4) is 0 Å². The zero-order valence-electron chi connectivity index (χ0n) is 16.1. The molecule has 1 nitrogen and oxygen atoms in total. The molecule has 0 N–H and O–H groups in total. The Balaban J connectivity index is 1.63. The van der Waals surface area contributed by atoms with Crippen molar-refractivity contribution in [2.75, 3.05) is 0 Å².